The monoisotopic (exact) mass is 247 g/mol. The van der Waals surface area contributed by atoms with Crippen LogP contribution in [-0.4, -0.2) is 65.6 Å². The molecule has 2 unspecified atom stereocenters. The van der Waals surface area contributed by atoms with E-state index in [9.17, 15) is 20.1 Å². The predicted molar refractivity (Wildman–Crippen MR) is 56.9 cm³/mol. The average Bonchev–Trinajstić information content (AvgIpc) is 2.34. The summed E-state index contributed by atoms with van der Waals surface area (Å²) in [4.78, 5) is 10.9. The van der Waals surface area contributed by atoms with Crippen LogP contribution in [0.3, 0.4) is 0 Å². The number of ether oxygens (including phenoxy) is 2. The van der Waals surface area contributed by atoms with E-state index in [0.29, 0.717) is 0 Å². The third kappa shape index (κ3) is 3.24. The molecule has 1 amide bonds. The molecule has 7 heteroatoms. The van der Waals surface area contributed by atoms with Gasteiger partial charge in [-0.15, -0.1) is 0 Å². The molecule has 4 N–H and O–H groups in total. The van der Waals surface area contributed by atoms with E-state index in [0.717, 1.165) is 6.08 Å². The lowest BCUT2D eigenvalue weighted by Crippen LogP contribution is -2.60. The zero-order valence-corrected chi connectivity index (χ0v) is 9.44. The third-order valence-corrected chi connectivity index (χ3v) is 2.56. The summed E-state index contributed by atoms with van der Waals surface area (Å²) in [5.74, 6) is -0.421. The lowest BCUT2D eigenvalue weighted by molar-refractivity contribution is -0.288. The molecule has 98 valence electrons. The van der Waals surface area contributed by atoms with E-state index in [1.165, 1.54) is 7.11 Å². The highest BCUT2D eigenvalue weighted by molar-refractivity contribution is 5.86. The first-order chi connectivity index (χ1) is 8.01. The van der Waals surface area contributed by atoms with E-state index in [1.54, 1.807) is 0 Å². The summed E-state index contributed by atoms with van der Waals surface area (Å²) in [6, 6.07) is 0. The number of hydrogen-bond donors (Lipinski definition) is 4. The molecule has 1 saturated heterocycles. The van der Waals surface area contributed by atoms with Gasteiger partial charge in [-0.3, -0.25) is 4.79 Å². The van der Waals surface area contributed by atoms with Crippen LogP contribution >= 0.6 is 0 Å². The van der Waals surface area contributed by atoms with Crippen LogP contribution in [0.5, 0.6) is 0 Å². The second-order valence-corrected chi connectivity index (χ2v) is 3.70. The number of aliphatic hydroxyl groups excluding tert-OH is 3. The van der Waals surface area contributed by atoms with Crippen molar-refractivity contribution in [1.29, 1.82) is 0 Å². The van der Waals surface area contributed by atoms with Gasteiger partial charge in [-0.25, -0.2) is 0 Å². The van der Waals surface area contributed by atoms with E-state index < -0.39 is 36.6 Å². The van der Waals surface area contributed by atoms with Gasteiger partial charge in [0.1, 0.15) is 24.4 Å². The van der Waals surface area contributed by atoms with Crippen molar-refractivity contribution in [2.75, 3.05) is 13.7 Å². The Hall–Kier alpha value is -0.990. The normalized spacial score (nSPS) is 37.5. The van der Waals surface area contributed by atoms with Gasteiger partial charge >= 0.3 is 0 Å². The number of carbonyl (C=O) groups is 1. The first kappa shape index (κ1) is 14.1. The second kappa shape index (κ2) is 6.08. The van der Waals surface area contributed by atoms with Crippen molar-refractivity contribution in [3.63, 3.8) is 0 Å². The Bertz CT molecular complexity index is 282. The van der Waals surface area contributed by atoms with Gasteiger partial charge in [-0.1, -0.05) is 6.58 Å². The van der Waals surface area contributed by atoms with E-state index in [-0.39, 0.29) is 6.54 Å². The summed E-state index contributed by atoms with van der Waals surface area (Å²) in [6.07, 6.45) is -4.85. The minimum atomic E-state index is -1.39. The Labute approximate surface area is 98.6 Å². The van der Waals surface area contributed by atoms with E-state index in [2.05, 4.69) is 11.9 Å². The molecule has 17 heavy (non-hydrogen) atoms. The van der Waals surface area contributed by atoms with Gasteiger partial charge in [0.05, 0.1) is 0 Å². The van der Waals surface area contributed by atoms with Crippen LogP contribution in [0.2, 0.25) is 0 Å². The van der Waals surface area contributed by atoms with Crippen molar-refractivity contribution in [3.8, 4) is 0 Å². The van der Waals surface area contributed by atoms with Gasteiger partial charge in [0, 0.05) is 13.7 Å². The molecule has 1 fully saturated rings. The minimum Gasteiger partial charge on any atom is -0.388 e. The Morgan fingerprint density at radius 2 is 2.06 bits per heavy atom. The van der Waals surface area contributed by atoms with Crippen LogP contribution in [-0.2, 0) is 14.3 Å². The molecular weight excluding hydrogens is 230 g/mol. The molecule has 1 aliphatic heterocycles. The summed E-state index contributed by atoms with van der Waals surface area (Å²) < 4.78 is 10.0. The van der Waals surface area contributed by atoms with Crippen LogP contribution in [0.1, 0.15) is 0 Å². The van der Waals surface area contributed by atoms with E-state index in [1.807, 2.05) is 0 Å². The lowest BCUT2D eigenvalue weighted by atomic mass is 9.99. The van der Waals surface area contributed by atoms with Crippen molar-refractivity contribution >= 4 is 5.91 Å². The largest absolute Gasteiger partial charge is 0.388 e. The smallest absolute Gasteiger partial charge is 0.243 e. The number of methoxy groups -OCH3 is 1. The quantitative estimate of drug-likeness (QED) is 0.418. The molecule has 0 aromatic heterocycles. The van der Waals surface area contributed by atoms with Crippen LogP contribution in [0, 0.1) is 0 Å². The minimum absolute atomic E-state index is 0.0182. The molecule has 0 radical (unpaired) electrons. The molecule has 1 rings (SSSR count). The van der Waals surface area contributed by atoms with Gasteiger partial charge in [0.2, 0.25) is 5.91 Å². The Morgan fingerprint density at radius 3 is 2.59 bits per heavy atom. The molecule has 0 aromatic carbocycles. The zero-order chi connectivity index (χ0) is 13.0. The number of carbonyl (C=O) groups excluding carboxylic acids is 1. The summed E-state index contributed by atoms with van der Waals surface area (Å²) in [7, 11) is 1.30. The maximum Gasteiger partial charge on any atom is 0.243 e. The fourth-order valence-corrected chi connectivity index (χ4v) is 1.55. The summed E-state index contributed by atoms with van der Waals surface area (Å²) >= 11 is 0. The average molecular weight is 247 g/mol. The van der Waals surface area contributed by atoms with Crippen LogP contribution in [0.25, 0.3) is 0 Å². The van der Waals surface area contributed by atoms with Crippen molar-refractivity contribution in [1.82, 2.24) is 5.32 Å². The van der Waals surface area contributed by atoms with Crippen molar-refractivity contribution in [3.05, 3.63) is 12.7 Å². The molecule has 0 bridgehead atoms. The number of nitrogens with one attached hydrogen (secondary N) is 1. The highest BCUT2D eigenvalue weighted by Crippen LogP contribution is 2.21. The molecule has 0 saturated carbocycles. The zero-order valence-electron chi connectivity index (χ0n) is 9.44. The fraction of sp³-hybridized carbons (Fsp3) is 0.700. The second-order valence-electron chi connectivity index (χ2n) is 3.70. The fourth-order valence-electron chi connectivity index (χ4n) is 1.55. The van der Waals surface area contributed by atoms with Crippen molar-refractivity contribution in [2.45, 2.75) is 30.7 Å². The number of amides is 1. The maximum atomic E-state index is 10.9. The molecule has 1 aliphatic rings. The Morgan fingerprint density at radius 1 is 1.41 bits per heavy atom. The lowest BCUT2D eigenvalue weighted by Gasteiger charge is -2.39. The highest BCUT2D eigenvalue weighted by Gasteiger charge is 2.43. The number of aliphatic hydroxyl groups is 3. The standard InChI is InChI=1S/C10H17NO6/c1-3-6(12)11-4-5-7(13)8(14)9(15)10(16-2)17-5/h3,5,7-10,13-15H,1,4H2,2H3,(H,11,12)/t5?,7-,8+,9?,10-/m1/s1. The number of hydrogen-bond acceptors (Lipinski definition) is 6. The molecule has 0 spiro atoms. The van der Waals surface area contributed by atoms with Gasteiger partial charge in [0.15, 0.2) is 6.29 Å². The highest BCUT2D eigenvalue weighted by atomic mass is 16.7. The van der Waals surface area contributed by atoms with Crippen LogP contribution in [0.4, 0.5) is 0 Å². The van der Waals surface area contributed by atoms with Gasteiger partial charge < -0.3 is 30.1 Å². The van der Waals surface area contributed by atoms with Gasteiger partial charge in [0.25, 0.3) is 0 Å². The topological polar surface area (TPSA) is 108 Å². The molecule has 0 aliphatic carbocycles. The Kier molecular flexibility index (Phi) is 5.03. The van der Waals surface area contributed by atoms with E-state index >= 15 is 0 Å². The van der Waals surface area contributed by atoms with Crippen molar-refractivity contribution in [2.24, 2.45) is 0 Å². The molecule has 1 heterocycles. The van der Waals surface area contributed by atoms with Gasteiger partial charge in [-0.05, 0) is 6.08 Å². The van der Waals surface area contributed by atoms with Crippen LogP contribution < -0.4 is 5.32 Å². The predicted octanol–water partition coefficient (Wildman–Crippen LogP) is -2.26. The van der Waals surface area contributed by atoms with Gasteiger partial charge in [-0.2, -0.15) is 0 Å². The SMILES string of the molecule is C=CC(=O)NCC1O[C@@H](OC)C(O)[C@@H](O)[C@@H]1O. The summed E-state index contributed by atoms with van der Waals surface area (Å²) in [6.45, 7) is 3.25. The van der Waals surface area contributed by atoms with Crippen LogP contribution in [0.15, 0.2) is 12.7 Å². The van der Waals surface area contributed by atoms with Crippen molar-refractivity contribution < 1.29 is 29.6 Å². The molecule has 7 nitrogen and oxygen atoms in total. The van der Waals surface area contributed by atoms with E-state index in [4.69, 9.17) is 9.47 Å². The molecule has 0 aromatic rings. The first-order valence-corrected chi connectivity index (χ1v) is 5.14. The number of rotatable bonds is 4. The first-order valence-electron chi connectivity index (χ1n) is 5.14. The molecule has 5 atom stereocenters. The third-order valence-electron chi connectivity index (χ3n) is 2.56. The Balaban J connectivity index is 2.59. The maximum absolute atomic E-state index is 10.9. The summed E-state index contributed by atoms with van der Waals surface area (Å²) in [5.41, 5.74) is 0. The molecular formula is C10H17NO6. The summed E-state index contributed by atoms with van der Waals surface area (Å²) in [5, 5.41) is 31.1.